The number of amides is 1. The maximum Gasteiger partial charge on any atom is 0.311 e. The Labute approximate surface area is 166 Å². The molecule has 2 fully saturated rings. The van der Waals surface area contributed by atoms with Gasteiger partial charge in [-0.15, -0.1) is 0 Å². The van der Waals surface area contributed by atoms with E-state index in [1.807, 2.05) is 0 Å². The number of methoxy groups -OCH3 is 1. The van der Waals surface area contributed by atoms with E-state index in [0.29, 0.717) is 18.5 Å². The van der Waals surface area contributed by atoms with Crippen molar-refractivity contribution in [3.05, 3.63) is 28.3 Å². The molecule has 3 rings (SSSR count). The number of nitro groups is 1. The molecule has 0 radical (unpaired) electrons. The van der Waals surface area contributed by atoms with E-state index in [1.165, 1.54) is 26.0 Å². The molecule has 2 atom stereocenters. The van der Waals surface area contributed by atoms with Crippen LogP contribution in [0, 0.1) is 16.0 Å². The summed E-state index contributed by atoms with van der Waals surface area (Å²) in [5.74, 6) is 1.08. The van der Waals surface area contributed by atoms with Crippen molar-refractivity contribution in [2.45, 2.75) is 38.6 Å². The van der Waals surface area contributed by atoms with E-state index in [0.717, 1.165) is 44.7 Å². The lowest BCUT2D eigenvalue weighted by Gasteiger charge is -2.36. The lowest BCUT2D eigenvalue weighted by Crippen LogP contribution is -2.51. The summed E-state index contributed by atoms with van der Waals surface area (Å²) in [4.78, 5) is 27.3. The minimum Gasteiger partial charge on any atom is -0.490 e. The van der Waals surface area contributed by atoms with Gasteiger partial charge in [0.1, 0.15) is 0 Å². The fourth-order valence-electron chi connectivity index (χ4n) is 4.22. The van der Waals surface area contributed by atoms with Gasteiger partial charge in [-0.1, -0.05) is 19.8 Å². The number of nitrogens with one attached hydrogen (secondary N) is 1. The maximum atomic E-state index is 12.4. The summed E-state index contributed by atoms with van der Waals surface area (Å²) in [6.45, 7) is 5.80. The quantitative estimate of drug-likeness (QED) is 0.593. The summed E-state index contributed by atoms with van der Waals surface area (Å²) in [6, 6.07) is 5.28. The van der Waals surface area contributed by atoms with Crippen molar-refractivity contribution in [3.63, 3.8) is 0 Å². The van der Waals surface area contributed by atoms with Gasteiger partial charge in [0.2, 0.25) is 5.91 Å². The molecule has 1 aliphatic heterocycles. The molecule has 1 aliphatic carbocycles. The molecule has 1 heterocycles. The minimum absolute atomic E-state index is 0.0291. The molecule has 1 N–H and O–H groups in total. The van der Waals surface area contributed by atoms with Crippen molar-refractivity contribution in [1.29, 1.82) is 0 Å². The molecule has 2 aliphatic rings. The molecule has 1 saturated heterocycles. The first-order valence-corrected chi connectivity index (χ1v) is 10.1. The maximum absolute atomic E-state index is 12.4. The van der Waals surface area contributed by atoms with E-state index in [1.54, 1.807) is 12.1 Å². The van der Waals surface area contributed by atoms with Crippen LogP contribution in [0.25, 0.3) is 0 Å². The van der Waals surface area contributed by atoms with Crippen LogP contribution < -0.4 is 15.0 Å². The van der Waals surface area contributed by atoms with Crippen molar-refractivity contribution >= 4 is 17.3 Å². The zero-order valence-electron chi connectivity index (χ0n) is 16.7. The summed E-state index contributed by atoms with van der Waals surface area (Å²) >= 11 is 0. The van der Waals surface area contributed by atoms with Gasteiger partial charge >= 0.3 is 5.69 Å². The third kappa shape index (κ3) is 5.13. The van der Waals surface area contributed by atoms with E-state index in [2.05, 4.69) is 22.0 Å². The fraction of sp³-hybridized carbons (Fsp3) is 0.650. The number of nitrogens with zero attached hydrogens (tertiary/aromatic N) is 3. The topological polar surface area (TPSA) is 88.0 Å². The number of benzene rings is 1. The molecule has 8 nitrogen and oxygen atoms in total. The molecule has 154 valence electrons. The Kier molecular flexibility index (Phi) is 6.72. The van der Waals surface area contributed by atoms with Crippen LogP contribution in [0.4, 0.5) is 11.4 Å². The van der Waals surface area contributed by atoms with Crippen LogP contribution in [-0.4, -0.2) is 61.6 Å². The van der Waals surface area contributed by atoms with Crippen LogP contribution in [0.5, 0.6) is 5.75 Å². The molecule has 2 unspecified atom stereocenters. The van der Waals surface area contributed by atoms with Gasteiger partial charge in [0.15, 0.2) is 5.75 Å². The van der Waals surface area contributed by atoms with Crippen molar-refractivity contribution in [2.75, 3.05) is 44.7 Å². The number of hydrogen-bond acceptors (Lipinski definition) is 6. The first-order chi connectivity index (χ1) is 13.5. The second-order valence-corrected chi connectivity index (χ2v) is 7.91. The van der Waals surface area contributed by atoms with Crippen molar-refractivity contribution < 1.29 is 14.5 Å². The van der Waals surface area contributed by atoms with Crippen LogP contribution in [0.1, 0.15) is 32.6 Å². The van der Waals surface area contributed by atoms with E-state index in [-0.39, 0.29) is 17.3 Å². The lowest BCUT2D eigenvalue weighted by atomic mass is 9.87. The van der Waals surface area contributed by atoms with Crippen molar-refractivity contribution in [1.82, 2.24) is 10.2 Å². The second-order valence-electron chi connectivity index (χ2n) is 7.91. The predicted octanol–water partition coefficient (Wildman–Crippen LogP) is 2.42. The number of rotatable bonds is 6. The number of piperazine rings is 1. The first-order valence-electron chi connectivity index (χ1n) is 10.1. The van der Waals surface area contributed by atoms with Crippen molar-refractivity contribution in [3.8, 4) is 5.75 Å². The number of carbonyl (C=O) groups is 1. The van der Waals surface area contributed by atoms with E-state index >= 15 is 0 Å². The summed E-state index contributed by atoms with van der Waals surface area (Å²) < 4.78 is 5.16. The molecular weight excluding hydrogens is 360 g/mol. The van der Waals surface area contributed by atoms with E-state index in [9.17, 15) is 14.9 Å². The molecule has 0 aromatic heterocycles. The van der Waals surface area contributed by atoms with Gasteiger partial charge in [0.05, 0.1) is 18.6 Å². The largest absolute Gasteiger partial charge is 0.490 e. The van der Waals surface area contributed by atoms with Gasteiger partial charge in [0.25, 0.3) is 0 Å². The summed E-state index contributed by atoms with van der Waals surface area (Å²) in [7, 11) is 1.44. The van der Waals surface area contributed by atoms with E-state index < -0.39 is 4.92 Å². The van der Waals surface area contributed by atoms with Gasteiger partial charge < -0.3 is 15.0 Å². The molecule has 1 aromatic carbocycles. The highest BCUT2D eigenvalue weighted by atomic mass is 16.6. The van der Waals surface area contributed by atoms with Crippen LogP contribution in [0.15, 0.2) is 18.2 Å². The highest BCUT2D eigenvalue weighted by Gasteiger charge is 2.24. The molecule has 1 amide bonds. The van der Waals surface area contributed by atoms with Gasteiger partial charge in [0, 0.05) is 50.0 Å². The van der Waals surface area contributed by atoms with Gasteiger partial charge in [-0.2, -0.15) is 0 Å². The number of carbonyl (C=O) groups excluding carboxylic acids is 1. The van der Waals surface area contributed by atoms with Crippen molar-refractivity contribution in [2.24, 2.45) is 5.92 Å². The Morgan fingerprint density at radius 2 is 2.04 bits per heavy atom. The molecular formula is C20H30N4O4. The smallest absolute Gasteiger partial charge is 0.311 e. The number of ether oxygens (including phenoxy) is 1. The number of anilines is 1. The third-order valence-corrected chi connectivity index (χ3v) is 5.77. The normalized spacial score (nSPS) is 23.3. The van der Waals surface area contributed by atoms with Gasteiger partial charge in [-0.3, -0.25) is 19.8 Å². The Bertz CT molecular complexity index is 703. The Balaban J connectivity index is 1.49. The highest BCUT2D eigenvalue weighted by Crippen LogP contribution is 2.31. The highest BCUT2D eigenvalue weighted by molar-refractivity contribution is 5.78. The molecule has 8 heteroatoms. The van der Waals surface area contributed by atoms with Crippen LogP contribution >= 0.6 is 0 Å². The zero-order valence-corrected chi connectivity index (χ0v) is 16.7. The summed E-state index contributed by atoms with van der Waals surface area (Å²) in [5.41, 5.74) is 0.876. The number of hydrogen-bond donors (Lipinski definition) is 1. The average Bonchev–Trinajstić information content (AvgIpc) is 2.68. The lowest BCUT2D eigenvalue weighted by molar-refractivity contribution is -0.385. The molecule has 0 bridgehead atoms. The van der Waals surface area contributed by atoms with Gasteiger partial charge in [-0.05, 0) is 24.8 Å². The predicted molar refractivity (Wildman–Crippen MR) is 108 cm³/mol. The summed E-state index contributed by atoms with van der Waals surface area (Å²) in [6.07, 6.45) is 4.64. The van der Waals surface area contributed by atoms with Gasteiger partial charge in [-0.25, -0.2) is 0 Å². The van der Waals surface area contributed by atoms with Crippen LogP contribution in [0.3, 0.4) is 0 Å². The molecule has 1 aromatic rings. The Hall–Kier alpha value is -2.35. The van der Waals surface area contributed by atoms with E-state index in [4.69, 9.17) is 4.74 Å². The zero-order chi connectivity index (χ0) is 20.1. The summed E-state index contributed by atoms with van der Waals surface area (Å²) in [5, 5.41) is 14.2. The van der Waals surface area contributed by atoms with Crippen LogP contribution in [0.2, 0.25) is 0 Å². The average molecular weight is 390 g/mol. The second kappa shape index (κ2) is 9.23. The fourth-order valence-corrected chi connectivity index (χ4v) is 4.22. The minimum atomic E-state index is -0.438. The molecule has 28 heavy (non-hydrogen) atoms. The Morgan fingerprint density at radius 3 is 2.68 bits per heavy atom. The number of nitro benzene ring substituents is 1. The SMILES string of the molecule is COc1cc(N2CCN(CC(=O)NC3CCCC(C)C3)CC2)ccc1[N+](=O)[O-]. The molecule has 1 saturated carbocycles. The first kappa shape index (κ1) is 20.4. The monoisotopic (exact) mass is 390 g/mol. The van der Waals surface area contributed by atoms with Crippen LogP contribution in [-0.2, 0) is 4.79 Å². The third-order valence-electron chi connectivity index (χ3n) is 5.77. The Morgan fingerprint density at radius 1 is 1.29 bits per heavy atom. The molecule has 0 spiro atoms. The standard InChI is InChI=1S/C20H30N4O4/c1-15-4-3-5-16(12-15)21-20(25)14-22-8-10-23(11-9-22)17-6-7-18(24(26)27)19(13-17)28-2/h6-7,13,15-16H,3-5,8-12,14H2,1-2H3,(H,21,25).